The minimum atomic E-state index is -0.370. The molecule has 0 unspecified atom stereocenters. The number of nitrogens with one attached hydrogen (secondary N) is 1. The van der Waals surface area contributed by atoms with Gasteiger partial charge in [-0.15, -0.1) is 0 Å². The number of nitro groups is 1. The van der Waals surface area contributed by atoms with Gasteiger partial charge in [0.25, 0.3) is 0 Å². The third-order valence-corrected chi connectivity index (χ3v) is 3.71. The first-order chi connectivity index (χ1) is 9.58. The average Bonchev–Trinajstić information content (AvgIpc) is 3.11. The van der Waals surface area contributed by atoms with Gasteiger partial charge in [-0.1, -0.05) is 30.3 Å². The standard InChI is InChI=1S/C14H16N4O2/c1-9-13(18(19)20)14(17(2)16-9)15-12-8-11(12)10-6-4-3-5-7-10/h3-7,11-12,15H,8H2,1-2H3/t11-,12+/m1/s1. The van der Waals surface area contributed by atoms with E-state index in [2.05, 4.69) is 22.5 Å². The Hall–Kier alpha value is -2.37. The number of nitrogens with zero attached hydrogens (tertiary/aromatic N) is 3. The van der Waals surface area contributed by atoms with Gasteiger partial charge in [0.2, 0.25) is 5.82 Å². The van der Waals surface area contributed by atoms with Gasteiger partial charge in [-0.05, 0) is 18.9 Å². The zero-order chi connectivity index (χ0) is 14.3. The van der Waals surface area contributed by atoms with Crippen LogP contribution in [0.5, 0.6) is 0 Å². The summed E-state index contributed by atoms with van der Waals surface area (Å²) in [5.74, 6) is 0.918. The molecule has 20 heavy (non-hydrogen) atoms. The lowest BCUT2D eigenvalue weighted by Gasteiger charge is -2.05. The minimum Gasteiger partial charge on any atom is -0.361 e. The average molecular weight is 272 g/mol. The maximum Gasteiger partial charge on any atom is 0.333 e. The van der Waals surface area contributed by atoms with Crippen LogP contribution in [0.2, 0.25) is 0 Å². The molecule has 3 rings (SSSR count). The van der Waals surface area contributed by atoms with Crippen LogP contribution in [0.4, 0.5) is 11.5 Å². The number of hydrogen-bond donors (Lipinski definition) is 1. The Morgan fingerprint density at radius 2 is 2.10 bits per heavy atom. The number of benzene rings is 1. The first kappa shape index (κ1) is 12.7. The van der Waals surface area contributed by atoms with Crippen LogP contribution in [0.15, 0.2) is 30.3 Å². The third kappa shape index (κ3) is 2.13. The van der Waals surface area contributed by atoms with E-state index in [0.29, 0.717) is 17.4 Å². The normalized spacial score (nSPS) is 20.7. The second-order valence-corrected chi connectivity index (χ2v) is 5.17. The largest absolute Gasteiger partial charge is 0.361 e. The van der Waals surface area contributed by atoms with E-state index >= 15 is 0 Å². The van der Waals surface area contributed by atoms with Crippen LogP contribution < -0.4 is 5.32 Å². The van der Waals surface area contributed by atoms with Gasteiger partial charge in [-0.2, -0.15) is 5.10 Å². The molecular formula is C14H16N4O2. The fourth-order valence-corrected chi connectivity index (χ4v) is 2.63. The van der Waals surface area contributed by atoms with Gasteiger partial charge in [-0.25, -0.2) is 4.68 Å². The zero-order valence-electron chi connectivity index (χ0n) is 11.4. The van der Waals surface area contributed by atoms with Crippen molar-refractivity contribution in [1.29, 1.82) is 0 Å². The molecule has 1 saturated carbocycles. The maximum atomic E-state index is 11.1. The molecule has 1 aromatic heterocycles. The lowest BCUT2D eigenvalue weighted by molar-refractivity contribution is -0.384. The zero-order valence-corrected chi connectivity index (χ0v) is 11.4. The molecule has 0 amide bonds. The minimum absolute atomic E-state index is 0.0752. The summed E-state index contributed by atoms with van der Waals surface area (Å²) >= 11 is 0. The molecule has 0 aliphatic heterocycles. The molecule has 0 spiro atoms. The Kier molecular flexibility index (Phi) is 2.93. The lowest BCUT2D eigenvalue weighted by Crippen LogP contribution is -2.10. The van der Waals surface area contributed by atoms with Gasteiger partial charge in [0, 0.05) is 19.0 Å². The van der Waals surface area contributed by atoms with Gasteiger partial charge < -0.3 is 5.32 Å². The fourth-order valence-electron chi connectivity index (χ4n) is 2.63. The van der Waals surface area contributed by atoms with E-state index in [1.165, 1.54) is 5.56 Å². The van der Waals surface area contributed by atoms with Crippen molar-refractivity contribution in [2.45, 2.75) is 25.3 Å². The van der Waals surface area contributed by atoms with Gasteiger partial charge in [0.05, 0.1) is 4.92 Å². The Balaban J connectivity index is 1.79. The van der Waals surface area contributed by atoms with Gasteiger partial charge in [-0.3, -0.25) is 10.1 Å². The van der Waals surface area contributed by atoms with Crippen molar-refractivity contribution in [3.05, 3.63) is 51.7 Å². The van der Waals surface area contributed by atoms with Crippen molar-refractivity contribution >= 4 is 11.5 Å². The van der Waals surface area contributed by atoms with Crippen molar-refractivity contribution in [3.63, 3.8) is 0 Å². The number of hydrogen-bond acceptors (Lipinski definition) is 4. The number of anilines is 1. The highest BCUT2D eigenvalue weighted by Gasteiger charge is 2.40. The summed E-state index contributed by atoms with van der Waals surface area (Å²) in [5.41, 5.74) is 1.79. The van der Waals surface area contributed by atoms with E-state index in [1.807, 2.05) is 18.2 Å². The van der Waals surface area contributed by atoms with Crippen LogP contribution >= 0.6 is 0 Å². The van der Waals surface area contributed by atoms with Crippen molar-refractivity contribution < 1.29 is 4.92 Å². The van der Waals surface area contributed by atoms with Crippen LogP contribution in [0.25, 0.3) is 0 Å². The molecule has 2 atom stereocenters. The Morgan fingerprint density at radius 3 is 2.75 bits per heavy atom. The highest BCUT2D eigenvalue weighted by Crippen LogP contribution is 2.44. The molecule has 2 aromatic rings. The molecule has 1 aliphatic carbocycles. The third-order valence-electron chi connectivity index (χ3n) is 3.71. The number of rotatable bonds is 4. The molecule has 0 saturated heterocycles. The summed E-state index contributed by atoms with van der Waals surface area (Å²) in [6, 6.07) is 10.4. The highest BCUT2D eigenvalue weighted by atomic mass is 16.6. The van der Waals surface area contributed by atoms with Crippen molar-refractivity contribution in [2.75, 3.05) is 5.32 Å². The molecule has 1 heterocycles. The molecular weight excluding hydrogens is 256 g/mol. The predicted octanol–water partition coefficient (Wildman–Crippen LogP) is 2.60. The van der Waals surface area contributed by atoms with Crippen LogP contribution in [0, 0.1) is 17.0 Å². The molecule has 0 bridgehead atoms. The molecule has 0 radical (unpaired) electrons. The van der Waals surface area contributed by atoms with Crippen LogP contribution in [0.3, 0.4) is 0 Å². The number of aryl methyl sites for hydroxylation is 2. The van der Waals surface area contributed by atoms with E-state index in [0.717, 1.165) is 6.42 Å². The fraction of sp³-hybridized carbons (Fsp3) is 0.357. The van der Waals surface area contributed by atoms with Crippen molar-refractivity contribution in [1.82, 2.24) is 9.78 Å². The van der Waals surface area contributed by atoms with Crippen LogP contribution in [-0.4, -0.2) is 20.7 Å². The van der Waals surface area contributed by atoms with Crippen molar-refractivity contribution in [3.8, 4) is 0 Å². The van der Waals surface area contributed by atoms with E-state index < -0.39 is 0 Å². The summed E-state index contributed by atoms with van der Waals surface area (Å²) in [7, 11) is 1.72. The molecule has 1 aromatic carbocycles. The summed E-state index contributed by atoms with van der Waals surface area (Å²) in [4.78, 5) is 10.8. The summed E-state index contributed by atoms with van der Waals surface area (Å²) in [6.45, 7) is 1.66. The quantitative estimate of drug-likeness (QED) is 0.686. The van der Waals surface area contributed by atoms with Crippen LogP contribution in [0.1, 0.15) is 23.6 Å². The van der Waals surface area contributed by atoms with E-state index in [1.54, 1.807) is 18.7 Å². The number of aromatic nitrogens is 2. The Bertz CT molecular complexity index is 651. The first-order valence-corrected chi connectivity index (χ1v) is 6.57. The van der Waals surface area contributed by atoms with E-state index in [-0.39, 0.29) is 16.7 Å². The molecule has 1 fully saturated rings. The topological polar surface area (TPSA) is 73.0 Å². The monoisotopic (exact) mass is 272 g/mol. The second-order valence-electron chi connectivity index (χ2n) is 5.17. The summed E-state index contributed by atoms with van der Waals surface area (Å²) < 4.78 is 1.55. The molecule has 6 nitrogen and oxygen atoms in total. The molecule has 104 valence electrons. The van der Waals surface area contributed by atoms with E-state index in [4.69, 9.17) is 0 Å². The summed E-state index contributed by atoms with van der Waals surface area (Å²) in [6.07, 6.45) is 0.991. The van der Waals surface area contributed by atoms with E-state index in [9.17, 15) is 10.1 Å². The van der Waals surface area contributed by atoms with Gasteiger partial charge >= 0.3 is 5.69 Å². The first-order valence-electron chi connectivity index (χ1n) is 6.57. The smallest absolute Gasteiger partial charge is 0.333 e. The molecule has 6 heteroatoms. The second kappa shape index (κ2) is 4.63. The Morgan fingerprint density at radius 1 is 1.40 bits per heavy atom. The highest BCUT2D eigenvalue weighted by molar-refractivity contribution is 5.61. The maximum absolute atomic E-state index is 11.1. The summed E-state index contributed by atoms with van der Waals surface area (Å²) in [5, 5.41) is 18.5. The van der Waals surface area contributed by atoms with Crippen molar-refractivity contribution in [2.24, 2.45) is 7.05 Å². The molecule has 1 aliphatic rings. The SMILES string of the molecule is Cc1nn(C)c(N[C@H]2C[C@@H]2c2ccccc2)c1[N+](=O)[O-]. The van der Waals surface area contributed by atoms with Gasteiger partial charge in [0.1, 0.15) is 5.69 Å². The Labute approximate surface area is 116 Å². The predicted molar refractivity (Wildman–Crippen MR) is 75.8 cm³/mol. The lowest BCUT2D eigenvalue weighted by atomic mass is 10.1. The van der Waals surface area contributed by atoms with Gasteiger partial charge in [0.15, 0.2) is 0 Å². The molecule has 1 N–H and O–H groups in total. The van der Waals surface area contributed by atoms with Crippen LogP contribution in [-0.2, 0) is 7.05 Å².